The number of aromatic nitrogens is 2. The summed E-state index contributed by atoms with van der Waals surface area (Å²) in [6, 6.07) is 15.6. The molecule has 1 saturated heterocycles. The second kappa shape index (κ2) is 13.8. The first-order valence-electron chi connectivity index (χ1n) is 14.3. The number of likely N-dealkylation sites (N-methyl/N-ethyl adjacent to an activating group) is 1. The number of carbonyl (C=O) groups excluding carboxylic acids is 1. The van der Waals surface area contributed by atoms with E-state index in [1.54, 1.807) is 38.3 Å². The molecular weight excluding hydrogens is 569 g/mol. The zero-order chi connectivity index (χ0) is 30.3. The Kier molecular flexibility index (Phi) is 9.74. The van der Waals surface area contributed by atoms with Crippen LogP contribution in [0, 0.1) is 5.82 Å². The Labute approximate surface area is 255 Å². The van der Waals surface area contributed by atoms with Crippen molar-refractivity contribution in [2.24, 2.45) is 0 Å². The molecular formula is C33H35ClFN5O3. The molecule has 2 N–H and O–H groups in total. The molecule has 0 amide bonds. The monoisotopic (exact) mass is 603 g/mol. The SMILES string of the molecule is CCN1CCC[C@@H]1/C=C(/CNc1ccc2ncnc(Nc3ccc(OCc4cccc(F)c4)c(Cl)c3)c2c1OC)C(C)=O. The molecule has 8 nitrogen and oxygen atoms in total. The van der Waals surface area contributed by atoms with Gasteiger partial charge in [-0.25, -0.2) is 14.4 Å². The lowest BCUT2D eigenvalue weighted by Crippen LogP contribution is -2.28. The summed E-state index contributed by atoms with van der Waals surface area (Å²) in [5, 5.41) is 7.80. The van der Waals surface area contributed by atoms with Crippen LogP contribution in [0.2, 0.25) is 5.02 Å². The van der Waals surface area contributed by atoms with Crippen molar-refractivity contribution in [3.63, 3.8) is 0 Å². The predicted octanol–water partition coefficient (Wildman–Crippen LogP) is 7.17. The largest absolute Gasteiger partial charge is 0.494 e. The van der Waals surface area contributed by atoms with Gasteiger partial charge in [-0.3, -0.25) is 9.69 Å². The van der Waals surface area contributed by atoms with Gasteiger partial charge in [-0.15, -0.1) is 0 Å². The first kappa shape index (κ1) is 30.3. The van der Waals surface area contributed by atoms with Gasteiger partial charge in [0.05, 0.1) is 28.7 Å². The van der Waals surface area contributed by atoms with Crippen LogP contribution in [0.1, 0.15) is 32.3 Å². The molecule has 4 aromatic rings. The summed E-state index contributed by atoms with van der Waals surface area (Å²) in [5.41, 5.74) is 3.53. The number of ketones is 1. The van der Waals surface area contributed by atoms with Crippen molar-refractivity contribution in [1.29, 1.82) is 0 Å². The van der Waals surface area contributed by atoms with Gasteiger partial charge in [0.15, 0.2) is 11.5 Å². The zero-order valence-electron chi connectivity index (χ0n) is 24.5. The maximum absolute atomic E-state index is 13.5. The summed E-state index contributed by atoms with van der Waals surface area (Å²) in [7, 11) is 1.59. The maximum Gasteiger partial charge on any atom is 0.157 e. The third-order valence-corrected chi connectivity index (χ3v) is 7.87. The second-order valence-corrected chi connectivity index (χ2v) is 10.8. The number of Topliss-reactive ketones (excluding diaryl/α,β-unsaturated/α-hetero) is 1. The predicted molar refractivity (Wildman–Crippen MR) is 169 cm³/mol. The minimum Gasteiger partial charge on any atom is -0.494 e. The van der Waals surface area contributed by atoms with E-state index >= 15 is 0 Å². The Morgan fingerprint density at radius 2 is 2.05 bits per heavy atom. The lowest BCUT2D eigenvalue weighted by atomic mass is 10.1. The van der Waals surface area contributed by atoms with Crippen LogP contribution >= 0.6 is 11.6 Å². The number of benzene rings is 3. The number of nitrogens with one attached hydrogen (secondary N) is 2. The van der Waals surface area contributed by atoms with Crippen LogP contribution in [-0.4, -0.2) is 53.4 Å². The molecule has 0 radical (unpaired) electrons. The fraction of sp³-hybridized carbons (Fsp3) is 0.303. The Hall–Kier alpha value is -4.21. The Morgan fingerprint density at radius 1 is 1.19 bits per heavy atom. The Balaban J connectivity index is 1.36. The van der Waals surface area contributed by atoms with Gasteiger partial charge >= 0.3 is 0 Å². The number of hydrogen-bond acceptors (Lipinski definition) is 8. The van der Waals surface area contributed by atoms with Crippen LogP contribution < -0.4 is 20.1 Å². The smallest absolute Gasteiger partial charge is 0.157 e. The molecule has 10 heteroatoms. The molecule has 0 bridgehead atoms. The fourth-order valence-corrected chi connectivity index (χ4v) is 5.58. The van der Waals surface area contributed by atoms with E-state index in [4.69, 9.17) is 21.1 Å². The van der Waals surface area contributed by atoms with E-state index < -0.39 is 0 Å². The van der Waals surface area contributed by atoms with Crippen molar-refractivity contribution in [3.05, 3.63) is 89.0 Å². The lowest BCUT2D eigenvalue weighted by molar-refractivity contribution is -0.113. The number of rotatable bonds is 12. The number of nitrogens with zero attached hydrogens (tertiary/aromatic N) is 3. The third-order valence-electron chi connectivity index (χ3n) is 7.57. The molecule has 1 fully saturated rings. The maximum atomic E-state index is 13.5. The van der Waals surface area contributed by atoms with Crippen molar-refractivity contribution in [2.75, 3.05) is 37.4 Å². The van der Waals surface area contributed by atoms with Gasteiger partial charge in [0.25, 0.3) is 0 Å². The van der Waals surface area contributed by atoms with Crippen molar-refractivity contribution >= 4 is 45.5 Å². The van der Waals surface area contributed by atoms with E-state index in [1.807, 2.05) is 18.2 Å². The summed E-state index contributed by atoms with van der Waals surface area (Å²) in [6.07, 6.45) is 5.77. The van der Waals surface area contributed by atoms with Crippen LogP contribution in [-0.2, 0) is 11.4 Å². The van der Waals surface area contributed by atoms with E-state index in [2.05, 4.69) is 38.5 Å². The van der Waals surface area contributed by atoms with Crippen LogP contribution in [0.15, 0.2) is 72.6 Å². The summed E-state index contributed by atoms with van der Waals surface area (Å²) < 4.78 is 25.2. The van der Waals surface area contributed by atoms with Crippen LogP contribution in [0.4, 0.5) is 21.6 Å². The van der Waals surface area contributed by atoms with Crippen molar-refractivity contribution in [1.82, 2.24) is 14.9 Å². The molecule has 5 rings (SSSR count). The van der Waals surface area contributed by atoms with Gasteiger partial charge in [0.2, 0.25) is 0 Å². The number of fused-ring (bicyclic) bond motifs is 1. The van der Waals surface area contributed by atoms with Gasteiger partial charge in [-0.1, -0.05) is 36.7 Å². The molecule has 1 aliphatic heterocycles. The van der Waals surface area contributed by atoms with Gasteiger partial charge < -0.3 is 20.1 Å². The molecule has 0 aliphatic carbocycles. The Morgan fingerprint density at radius 3 is 2.79 bits per heavy atom. The normalized spacial score (nSPS) is 15.5. The first-order chi connectivity index (χ1) is 20.9. The number of ether oxygens (including phenoxy) is 2. The minimum atomic E-state index is -0.319. The quantitative estimate of drug-likeness (QED) is 0.165. The Bertz CT molecular complexity index is 1650. The summed E-state index contributed by atoms with van der Waals surface area (Å²) in [4.78, 5) is 23.8. The number of halogens is 2. The van der Waals surface area contributed by atoms with Crippen molar-refractivity contribution in [2.45, 2.75) is 39.3 Å². The number of likely N-dealkylation sites (tertiary alicyclic amines) is 1. The number of carbonyl (C=O) groups is 1. The molecule has 43 heavy (non-hydrogen) atoms. The minimum absolute atomic E-state index is 0.0427. The molecule has 1 atom stereocenters. The topological polar surface area (TPSA) is 88.6 Å². The zero-order valence-corrected chi connectivity index (χ0v) is 25.2. The van der Waals surface area contributed by atoms with Crippen molar-refractivity contribution < 1.29 is 18.7 Å². The molecule has 2 heterocycles. The second-order valence-electron chi connectivity index (χ2n) is 10.4. The van der Waals surface area contributed by atoms with Crippen LogP contribution in [0.3, 0.4) is 0 Å². The average molecular weight is 604 g/mol. The fourth-order valence-electron chi connectivity index (χ4n) is 5.34. The third kappa shape index (κ3) is 7.24. The first-order valence-corrected chi connectivity index (χ1v) is 14.7. The molecule has 1 aromatic heterocycles. The highest BCUT2D eigenvalue weighted by Crippen LogP contribution is 2.38. The molecule has 0 saturated carbocycles. The van der Waals surface area contributed by atoms with Crippen LogP contribution in [0.25, 0.3) is 10.9 Å². The highest BCUT2D eigenvalue weighted by Gasteiger charge is 2.22. The molecule has 0 unspecified atom stereocenters. The van der Waals surface area contributed by atoms with Gasteiger partial charge in [-0.2, -0.15) is 0 Å². The standard InChI is InChI=1S/C33H35ClFN5O3/c1-4-40-14-6-9-26(40)16-23(21(2)41)18-36-29-12-11-28-31(32(29)42-3)33(38-20-37-28)39-25-10-13-30(27(34)17-25)43-19-22-7-5-8-24(35)15-22/h5,7-8,10-13,15-17,20,26,36H,4,6,9,14,18-19H2,1-3H3,(H,37,38,39)/b23-16-/t26-/m1/s1. The number of hydrogen-bond donors (Lipinski definition) is 2. The summed E-state index contributed by atoms with van der Waals surface area (Å²) in [6.45, 7) is 6.33. The van der Waals surface area contributed by atoms with Gasteiger partial charge in [-0.05, 0) is 80.9 Å². The van der Waals surface area contributed by atoms with E-state index in [0.29, 0.717) is 51.0 Å². The molecule has 1 aliphatic rings. The molecule has 0 spiro atoms. The summed E-state index contributed by atoms with van der Waals surface area (Å²) >= 11 is 6.53. The van der Waals surface area contributed by atoms with E-state index in [0.717, 1.165) is 37.2 Å². The van der Waals surface area contributed by atoms with Gasteiger partial charge in [0, 0.05) is 23.8 Å². The van der Waals surface area contributed by atoms with Gasteiger partial charge in [0.1, 0.15) is 30.3 Å². The number of anilines is 3. The van der Waals surface area contributed by atoms with Crippen LogP contribution in [0.5, 0.6) is 11.5 Å². The highest BCUT2D eigenvalue weighted by atomic mass is 35.5. The molecule has 224 valence electrons. The number of methoxy groups -OCH3 is 1. The molecule has 3 aromatic carbocycles. The van der Waals surface area contributed by atoms with E-state index in [1.165, 1.54) is 18.5 Å². The van der Waals surface area contributed by atoms with E-state index in [-0.39, 0.29) is 24.2 Å². The highest BCUT2D eigenvalue weighted by molar-refractivity contribution is 6.32. The lowest BCUT2D eigenvalue weighted by Gasteiger charge is -2.21. The average Bonchev–Trinajstić information content (AvgIpc) is 3.46. The van der Waals surface area contributed by atoms with E-state index in [9.17, 15) is 9.18 Å². The summed E-state index contributed by atoms with van der Waals surface area (Å²) in [5.74, 6) is 1.28. The van der Waals surface area contributed by atoms with Crippen molar-refractivity contribution in [3.8, 4) is 11.5 Å².